The zero-order valence-electron chi connectivity index (χ0n) is 16.3. The van der Waals surface area contributed by atoms with Crippen LogP contribution in [0.3, 0.4) is 0 Å². The van der Waals surface area contributed by atoms with E-state index in [0.29, 0.717) is 26.2 Å². The van der Waals surface area contributed by atoms with Crippen LogP contribution in [0.2, 0.25) is 0 Å². The molecule has 2 aromatic rings. The van der Waals surface area contributed by atoms with Gasteiger partial charge in [0.15, 0.2) is 0 Å². The first-order chi connectivity index (χ1) is 12.4. The van der Waals surface area contributed by atoms with Crippen molar-refractivity contribution in [2.45, 2.75) is 39.7 Å². The van der Waals surface area contributed by atoms with Crippen molar-refractivity contribution in [3.05, 3.63) is 65.7 Å². The van der Waals surface area contributed by atoms with Crippen LogP contribution in [0.25, 0.3) is 0 Å². The number of carbonyl (C=O) groups excluding carboxylic acids is 1. The molecule has 0 spiro atoms. The Kier molecular flexibility index (Phi) is 7.07. The van der Waals surface area contributed by atoms with Gasteiger partial charge in [-0.2, -0.15) is 0 Å². The maximum absolute atomic E-state index is 12.3. The van der Waals surface area contributed by atoms with E-state index in [-0.39, 0.29) is 11.4 Å². The van der Waals surface area contributed by atoms with Gasteiger partial charge in [0.2, 0.25) is 0 Å². The summed E-state index contributed by atoms with van der Waals surface area (Å²) in [6.45, 7) is 10.7. The standard InChI is InChI=1S/C22H30N2O2/c1-5-24(17-18-10-7-6-8-11-18)21(25)23-14-15-26-20-13-9-12-19(16-20)22(2,3)4/h6-13,16H,5,14-15,17H2,1-4H3,(H,23,25). The van der Waals surface area contributed by atoms with Gasteiger partial charge in [-0.05, 0) is 35.6 Å². The summed E-state index contributed by atoms with van der Waals surface area (Å²) in [7, 11) is 0. The number of amides is 2. The second kappa shape index (κ2) is 9.27. The number of hydrogen-bond acceptors (Lipinski definition) is 2. The summed E-state index contributed by atoms with van der Waals surface area (Å²) in [4.78, 5) is 14.1. The SMILES string of the molecule is CCN(Cc1ccccc1)C(=O)NCCOc1cccc(C(C)(C)C)c1. The molecule has 2 rings (SSSR count). The molecule has 0 aliphatic carbocycles. The van der Waals surface area contributed by atoms with Gasteiger partial charge in [-0.25, -0.2) is 4.79 Å². The molecule has 26 heavy (non-hydrogen) atoms. The summed E-state index contributed by atoms with van der Waals surface area (Å²) < 4.78 is 5.79. The molecule has 0 unspecified atom stereocenters. The molecule has 0 heterocycles. The third-order valence-corrected chi connectivity index (χ3v) is 4.23. The molecule has 4 heteroatoms. The maximum atomic E-state index is 12.3. The van der Waals surface area contributed by atoms with Crippen LogP contribution in [0.4, 0.5) is 4.79 Å². The van der Waals surface area contributed by atoms with Gasteiger partial charge in [-0.3, -0.25) is 0 Å². The Hall–Kier alpha value is -2.49. The van der Waals surface area contributed by atoms with Gasteiger partial charge in [0.1, 0.15) is 12.4 Å². The number of carbonyl (C=O) groups is 1. The summed E-state index contributed by atoms with van der Waals surface area (Å²) >= 11 is 0. The van der Waals surface area contributed by atoms with Crippen LogP contribution >= 0.6 is 0 Å². The Bertz CT molecular complexity index is 693. The summed E-state index contributed by atoms with van der Waals surface area (Å²) in [5, 5.41) is 2.93. The number of rotatable bonds is 7. The fourth-order valence-electron chi connectivity index (χ4n) is 2.62. The van der Waals surface area contributed by atoms with Gasteiger partial charge >= 0.3 is 6.03 Å². The Morgan fingerprint density at radius 3 is 2.46 bits per heavy atom. The Labute approximate surface area is 157 Å². The third-order valence-electron chi connectivity index (χ3n) is 4.23. The van der Waals surface area contributed by atoms with E-state index in [0.717, 1.165) is 11.3 Å². The van der Waals surface area contributed by atoms with Gasteiger partial charge in [-0.15, -0.1) is 0 Å². The highest BCUT2D eigenvalue weighted by molar-refractivity contribution is 5.74. The monoisotopic (exact) mass is 354 g/mol. The van der Waals surface area contributed by atoms with E-state index in [4.69, 9.17) is 4.74 Å². The van der Waals surface area contributed by atoms with E-state index >= 15 is 0 Å². The molecule has 0 fully saturated rings. The van der Waals surface area contributed by atoms with Gasteiger partial charge in [0.05, 0.1) is 6.54 Å². The molecule has 2 amide bonds. The molecular weight excluding hydrogens is 324 g/mol. The fraction of sp³-hybridized carbons (Fsp3) is 0.409. The molecule has 0 bridgehead atoms. The lowest BCUT2D eigenvalue weighted by Gasteiger charge is -2.22. The lowest BCUT2D eigenvalue weighted by molar-refractivity contribution is 0.195. The van der Waals surface area contributed by atoms with E-state index < -0.39 is 0 Å². The smallest absolute Gasteiger partial charge is 0.317 e. The van der Waals surface area contributed by atoms with Gasteiger partial charge < -0.3 is 15.0 Å². The minimum absolute atomic E-state index is 0.0663. The lowest BCUT2D eigenvalue weighted by atomic mass is 9.87. The largest absolute Gasteiger partial charge is 0.492 e. The quantitative estimate of drug-likeness (QED) is 0.739. The molecule has 1 N–H and O–H groups in total. The van der Waals surface area contributed by atoms with Gasteiger partial charge in [0, 0.05) is 13.1 Å². The predicted octanol–water partition coefficient (Wildman–Crippen LogP) is 4.59. The summed E-state index contributed by atoms with van der Waals surface area (Å²) in [5.41, 5.74) is 2.45. The van der Waals surface area contributed by atoms with Crippen molar-refractivity contribution in [3.8, 4) is 5.75 Å². The van der Waals surface area contributed by atoms with E-state index in [1.54, 1.807) is 4.90 Å². The molecule has 0 saturated carbocycles. The maximum Gasteiger partial charge on any atom is 0.317 e. The predicted molar refractivity (Wildman–Crippen MR) is 107 cm³/mol. The first-order valence-electron chi connectivity index (χ1n) is 9.20. The van der Waals surface area contributed by atoms with Crippen molar-refractivity contribution < 1.29 is 9.53 Å². The molecule has 4 nitrogen and oxygen atoms in total. The summed E-state index contributed by atoms with van der Waals surface area (Å²) in [5.74, 6) is 0.836. The summed E-state index contributed by atoms with van der Waals surface area (Å²) in [6, 6.07) is 18.1. The van der Waals surface area contributed by atoms with Crippen molar-refractivity contribution >= 4 is 6.03 Å². The number of nitrogens with zero attached hydrogens (tertiary/aromatic N) is 1. The van der Waals surface area contributed by atoms with Crippen LogP contribution < -0.4 is 10.1 Å². The van der Waals surface area contributed by atoms with Crippen LogP contribution in [-0.2, 0) is 12.0 Å². The number of urea groups is 1. The van der Waals surface area contributed by atoms with Gasteiger partial charge in [-0.1, -0.05) is 63.2 Å². The second-order valence-electron chi connectivity index (χ2n) is 7.36. The van der Waals surface area contributed by atoms with Crippen LogP contribution in [0.5, 0.6) is 5.75 Å². The highest BCUT2D eigenvalue weighted by atomic mass is 16.5. The first-order valence-corrected chi connectivity index (χ1v) is 9.20. The zero-order chi connectivity index (χ0) is 19.0. The van der Waals surface area contributed by atoms with Crippen molar-refractivity contribution in [2.75, 3.05) is 19.7 Å². The molecule has 0 aliphatic rings. The number of nitrogens with one attached hydrogen (secondary N) is 1. The Balaban J connectivity index is 1.79. The minimum atomic E-state index is -0.0663. The average Bonchev–Trinajstić information content (AvgIpc) is 2.63. The zero-order valence-corrected chi connectivity index (χ0v) is 16.3. The fourth-order valence-corrected chi connectivity index (χ4v) is 2.62. The van der Waals surface area contributed by atoms with Crippen molar-refractivity contribution in [2.24, 2.45) is 0 Å². The highest BCUT2D eigenvalue weighted by Gasteiger charge is 2.14. The molecule has 0 aliphatic heterocycles. The number of hydrogen-bond donors (Lipinski definition) is 1. The topological polar surface area (TPSA) is 41.6 Å². The van der Waals surface area contributed by atoms with Crippen molar-refractivity contribution in [3.63, 3.8) is 0 Å². The van der Waals surface area contributed by atoms with Crippen molar-refractivity contribution in [1.82, 2.24) is 10.2 Å². The molecule has 0 saturated heterocycles. The molecule has 0 atom stereocenters. The average molecular weight is 354 g/mol. The number of benzene rings is 2. The normalized spacial score (nSPS) is 11.1. The third kappa shape index (κ3) is 6.10. The second-order valence-corrected chi connectivity index (χ2v) is 7.36. The van der Waals surface area contributed by atoms with Crippen LogP contribution in [0.1, 0.15) is 38.8 Å². The van der Waals surface area contributed by atoms with E-state index in [1.165, 1.54) is 5.56 Å². The van der Waals surface area contributed by atoms with Crippen molar-refractivity contribution in [1.29, 1.82) is 0 Å². The van der Waals surface area contributed by atoms with Gasteiger partial charge in [0.25, 0.3) is 0 Å². The van der Waals surface area contributed by atoms with Crippen LogP contribution in [-0.4, -0.2) is 30.6 Å². The van der Waals surface area contributed by atoms with E-state index in [2.05, 4.69) is 38.2 Å². The molecule has 2 aromatic carbocycles. The van der Waals surface area contributed by atoms with E-state index in [1.807, 2.05) is 49.4 Å². The molecule has 140 valence electrons. The Morgan fingerprint density at radius 1 is 1.08 bits per heavy atom. The van der Waals surface area contributed by atoms with Crippen LogP contribution in [0, 0.1) is 0 Å². The van der Waals surface area contributed by atoms with E-state index in [9.17, 15) is 4.79 Å². The van der Waals surface area contributed by atoms with Crippen LogP contribution in [0.15, 0.2) is 54.6 Å². The molecule has 0 radical (unpaired) electrons. The first kappa shape index (κ1) is 19.8. The molecular formula is C22H30N2O2. The highest BCUT2D eigenvalue weighted by Crippen LogP contribution is 2.25. The minimum Gasteiger partial charge on any atom is -0.492 e. The molecule has 0 aromatic heterocycles. The number of ether oxygens (including phenoxy) is 1. The lowest BCUT2D eigenvalue weighted by Crippen LogP contribution is -2.41. The Morgan fingerprint density at radius 2 is 1.81 bits per heavy atom. The summed E-state index contributed by atoms with van der Waals surface area (Å²) in [6.07, 6.45) is 0.